The highest BCUT2D eigenvalue weighted by Crippen LogP contribution is 2.27. The Kier molecular flexibility index (Phi) is 9.13. The second-order valence-electron chi connectivity index (χ2n) is 9.12. The SMILES string of the molecule is Cc1ccc(NC(=O)/C(C#N)=C\c2ccc(CN(Cc3ccc(Cl)cc3Cl)S(=O)(=O)c3ccc(C)cc3)o2)cc1. The predicted molar refractivity (Wildman–Crippen MR) is 156 cm³/mol. The summed E-state index contributed by atoms with van der Waals surface area (Å²) in [5.41, 5.74) is 2.91. The molecule has 0 unspecified atom stereocenters. The molecule has 1 aromatic heterocycles. The van der Waals surface area contributed by atoms with Crippen molar-refractivity contribution in [2.24, 2.45) is 0 Å². The van der Waals surface area contributed by atoms with E-state index in [1.807, 2.05) is 32.0 Å². The zero-order chi connectivity index (χ0) is 28.9. The van der Waals surface area contributed by atoms with Gasteiger partial charge in [0.1, 0.15) is 23.2 Å². The number of amides is 1. The molecule has 0 aliphatic carbocycles. The van der Waals surface area contributed by atoms with Crippen LogP contribution in [-0.2, 0) is 27.9 Å². The van der Waals surface area contributed by atoms with Crippen LogP contribution >= 0.6 is 23.2 Å². The van der Waals surface area contributed by atoms with Crippen LogP contribution in [0, 0.1) is 25.2 Å². The van der Waals surface area contributed by atoms with Gasteiger partial charge in [0.25, 0.3) is 5.91 Å². The summed E-state index contributed by atoms with van der Waals surface area (Å²) in [6.45, 7) is 3.63. The number of carbonyl (C=O) groups is 1. The van der Waals surface area contributed by atoms with Crippen LogP contribution in [-0.4, -0.2) is 18.6 Å². The minimum atomic E-state index is -3.96. The molecule has 0 fully saturated rings. The van der Waals surface area contributed by atoms with E-state index < -0.39 is 15.9 Å². The number of aryl methyl sites for hydroxylation is 2. The second-order valence-corrected chi connectivity index (χ2v) is 11.9. The van der Waals surface area contributed by atoms with Crippen molar-refractivity contribution in [3.05, 3.63) is 123 Å². The summed E-state index contributed by atoms with van der Waals surface area (Å²) < 4.78 is 34.4. The van der Waals surface area contributed by atoms with E-state index in [0.717, 1.165) is 11.1 Å². The summed E-state index contributed by atoms with van der Waals surface area (Å²) in [5.74, 6) is -0.0590. The van der Waals surface area contributed by atoms with Gasteiger partial charge in [-0.15, -0.1) is 0 Å². The number of hydrogen-bond donors (Lipinski definition) is 1. The minimum Gasteiger partial charge on any atom is -0.460 e. The van der Waals surface area contributed by atoms with Crippen molar-refractivity contribution < 1.29 is 17.6 Å². The third-order valence-electron chi connectivity index (χ3n) is 6.00. The van der Waals surface area contributed by atoms with Gasteiger partial charge < -0.3 is 9.73 Å². The number of nitrogens with one attached hydrogen (secondary N) is 1. The van der Waals surface area contributed by atoms with Crippen LogP contribution in [0.3, 0.4) is 0 Å². The fourth-order valence-corrected chi connectivity index (χ4v) is 5.63. The Morgan fingerprint density at radius 2 is 1.60 bits per heavy atom. The molecule has 40 heavy (non-hydrogen) atoms. The Bertz CT molecular complexity index is 1710. The predicted octanol–water partition coefficient (Wildman–Crippen LogP) is 7.14. The molecule has 1 amide bonds. The maximum absolute atomic E-state index is 13.7. The number of anilines is 1. The van der Waals surface area contributed by atoms with Gasteiger partial charge in [0.2, 0.25) is 10.0 Å². The fourth-order valence-electron chi connectivity index (χ4n) is 3.78. The molecule has 0 radical (unpaired) electrons. The second kappa shape index (κ2) is 12.5. The van der Waals surface area contributed by atoms with Crippen LogP contribution in [0.1, 0.15) is 28.2 Å². The number of hydrogen-bond acceptors (Lipinski definition) is 5. The van der Waals surface area contributed by atoms with E-state index in [1.54, 1.807) is 66.7 Å². The highest BCUT2D eigenvalue weighted by atomic mass is 35.5. The molecule has 0 aliphatic rings. The summed E-state index contributed by atoms with van der Waals surface area (Å²) in [7, 11) is -3.96. The highest BCUT2D eigenvalue weighted by molar-refractivity contribution is 7.89. The first-order valence-corrected chi connectivity index (χ1v) is 14.3. The van der Waals surface area contributed by atoms with E-state index in [0.29, 0.717) is 27.1 Å². The van der Waals surface area contributed by atoms with Gasteiger partial charge in [-0.25, -0.2) is 8.42 Å². The number of benzene rings is 3. The zero-order valence-corrected chi connectivity index (χ0v) is 24.0. The Balaban J connectivity index is 1.60. The third-order valence-corrected chi connectivity index (χ3v) is 8.39. The van der Waals surface area contributed by atoms with E-state index >= 15 is 0 Å². The number of nitriles is 1. The van der Waals surface area contributed by atoms with E-state index in [9.17, 15) is 18.5 Å². The van der Waals surface area contributed by atoms with Gasteiger partial charge in [-0.3, -0.25) is 4.79 Å². The van der Waals surface area contributed by atoms with Crippen molar-refractivity contribution in [1.29, 1.82) is 5.26 Å². The lowest BCUT2D eigenvalue weighted by molar-refractivity contribution is -0.112. The van der Waals surface area contributed by atoms with Gasteiger partial charge >= 0.3 is 0 Å². The van der Waals surface area contributed by atoms with Gasteiger partial charge in [0, 0.05) is 28.4 Å². The number of halogens is 2. The summed E-state index contributed by atoms with van der Waals surface area (Å²) >= 11 is 12.4. The number of carbonyl (C=O) groups excluding carboxylic acids is 1. The van der Waals surface area contributed by atoms with Crippen molar-refractivity contribution in [3.8, 4) is 6.07 Å². The molecule has 0 atom stereocenters. The summed E-state index contributed by atoms with van der Waals surface area (Å²) in [6, 6.07) is 23.6. The fraction of sp³-hybridized carbons (Fsp3) is 0.133. The van der Waals surface area contributed by atoms with Crippen molar-refractivity contribution >= 4 is 50.9 Å². The molecule has 0 bridgehead atoms. The van der Waals surface area contributed by atoms with Gasteiger partial charge in [-0.2, -0.15) is 9.57 Å². The molecule has 3 aromatic carbocycles. The molecule has 0 aliphatic heterocycles. The molecule has 1 N–H and O–H groups in total. The molecular weight excluding hydrogens is 569 g/mol. The average Bonchev–Trinajstić information content (AvgIpc) is 3.36. The summed E-state index contributed by atoms with van der Waals surface area (Å²) in [5, 5.41) is 13.0. The highest BCUT2D eigenvalue weighted by Gasteiger charge is 2.27. The molecule has 204 valence electrons. The monoisotopic (exact) mass is 593 g/mol. The number of nitrogens with zero attached hydrogens (tertiary/aromatic N) is 2. The Morgan fingerprint density at radius 1 is 0.950 bits per heavy atom. The van der Waals surface area contributed by atoms with Crippen LogP contribution in [0.15, 0.2) is 93.7 Å². The quantitative estimate of drug-likeness (QED) is 0.164. The third kappa shape index (κ3) is 7.20. The lowest BCUT2D eigenvalue weighted by Crippen LogP contribution is -2.30. The van der Waals surface area contributed by atoms with E-state index in [2.05, 4.69) is 5.32 Å². The molecule has 10 heteroatoms. The van der Waals surface area contributed by atoms with E-state index in [4.69, 9.17) is 27.6 Å². The normalized spacial score (nSPS) is 11.8. The lowest BCUT2D eigenvalue weighted by Gasteiger charge is -2.22. The van der Waals surface area contributed by atoms with Crippen LogP contribution in [0.25, 0.3) is 6.08 Å². The summed E-state index contributed by atoms with van der Waals surface area (Å²) in [4.78, 5) is 12.8. The Hall–Kier alpha value is -3.87. The molecule has 4 aromatic rings. The van der Waals surface area contributed by atoms with Crippen LogP contribution < -0.4 is 5.32 Å². The molecule has 0 saturated heterocycles. The first-order valence-electron chi connectivity index (χ1n) is 12.1. The topological polar surface area (TPSA) is 103 Å². The van der Waals surface area contributed by atoms with Crippen molar-refractivity contribution in [1.82, 2.24) is 4.31 Å². The maximum atomic E-state index is 13.7. The minimum absolute atomic E-state index is 0.0412. The molecule has 0 saturated carbocycles. The number of sulfonamides is 1. The largest absolute Gasteiger partial charge is 0.460 e. The van der Waals surface area contributed by atoms with Crippen molar-refractivity contribution in [2.45, 2.75) is 31.8 Å². The molecular formula is C30H25Cl2N3O4S. The van der Waals surface area contributed by atoms with Gasteiger partial charge in [0.15, 0.2) is 0 Å². The number of furan rings is 1. The van der Waals surface area contributed by atoms with E-state index in [1.165, 1.54) is 10.4 Å². The smallest absolute Gasteiger partial charge is 0.266 e. The first-order chi connectivity index (χ1) is 19.0. The van der Waals surface area contributed by atoms with Crippen molar-refractivity contribution in [2.75, 3.05) is 5.32 Å². The van der Waals surface area contributed by atoms with Crippen LogP contribution in [0.5, 0.6) is 0 Å². The van der Waals surface area contributed by atoms with Gasteiger partial charge in [-0.05, 0) is 67.9 Å². The Morgan fingerprint density at radius 3 is 2.23 bits per heavy atom. The molecule has 4 rings (SSSR count). The maximum Gasteiger partial charge on any atom is 0.266 e. The van der Waals surface area contributed by atoms with Crippen molar-refractivity contribution in [3.63, 3.8) is 0 Å². The van der Waals surface area contributed by atoms with Crippen LogP contribution in [0.4, 0.5) is 5.69 Å². The van der Waals surface area contributed by atoms with Gasteiger partial charge in [-0.1, -0.05) is 64.7 Å². The standard InChI is InChI=1S/C30H25Cl2N3O4S/c1-20-3-9-25(10-4-20)34-30(36)23(17-33)15-26-11-12-27(39-26)19-35(18-22-7-8-24(31)16-29(22)32)40(37,38)28-13-5-21(2)6-14-28/h3-16H,18-19H2,1-2H3,(H,34,36)/b23-15-. The average molecular weight is 595 g/mol. The molecule has 7 nitrogen and oxygen atoms in total. The Labute approximate surface area is 243 Å². The van der Waals surface area contributed by atoms with Crippen LogP contribution in [0.2, 0.25) is 10.0 Å². The first kappa shape index (κ1) is 29.1. The number of rotatable bonds is 9. The molecule has 1 heterocycles. The summed E-state index contributed by atoms with van der Waals surface area (Å²) in [6.07, 6.45) is 1.31. The lowest BCUT2D eigenvalue weighted by atomic mass is 10.2. The van der Waals surface area contributed by atoms with E-state index in [-0.39, 0.29) is 29.3 Å². The zero-order valence-electron chi connectivity index (χ0n) is 21.7. The molecule has 0 spiro atoms. The van der Waals surface area contributed by atoms with Gasteiger partial charge in [0.05, 0.1) is 11.4 Å².